The number of fused-ring (bicyclic) bond motifs is 1. The number of halogens is 2. The van der Waals surface area contributed by atoms with Gasteiger partial charge in [0.2, 0.25) is 5.91 Å². The Morgan fingerprint density at radius 1 is 1.17 bits per heavy atom. The molecule has 1 aliphatic heterocycles. The molecular weight excluding hydrogens is 365 g/mol. The van der Waals surface area contributed by atoms with Crippen molar-refractivity contribution in [1.29, 1.82) is 0 Å². The molecule has 4 nitrogen and oxygen atoms in total. The molecule has 1 N–H and O–H groups in total. The van der Waals surface area contributed by atoms with Gasteiger partial charge in [0.25, 0.3) is 0 Å². The minimum atomic E-state index is -0.332. The second-order valence-electron chi connectivity index (χ2n) is 5.27. The lowest BCUT2D eigenvalue weighted by atomic mass is 9.84. The van der Waals surface area contributed by atoms with E-state index in [-0.39, 0.29) is 17.6 Å². The van der Waals surface area contributed by atoms with Gasteiger partial charge >= 0.3 is 0 Å². The number of rotatable bonds is 3. The number of nitrogens with one attached hydrogen (secondary N) is 1. The van der Waals surface area contributed by atoms with Crippen molar-refractivity contribution in [2.45, 2.75) is 12.3 Å². The predicted octanol–water partition coefficient (Wildman–Crippen LogP) is 4.08. The van der Waals surface area contributed by atoms with Crippen LogP contribution >= 0.6 is 15.9 Å². The molecule has 0 aliphatic carbocycles. The van der Waals surface area contributed by atoms with Gasteiger partial charge < -0.3 is 14.8 Å². The molecule has 0 aromatic heterocycles. The molecule has 1 amide bonds. The second kappa shape index (κ2) is 6.20. The summed E-state index contributed by atoms with van der Waals surface area (Å²) in [4.78, 5) is 12.0. The van der Waals surface area contributed by atoms with Crippen LogP contribution in [0.4, 0.5) is 10.1 Å². The van der Waals surface area contributed by atoms with Gasteiger partial charge in [0.05, 0.1) is 18.7 Å². The minimum Gasteiger partial charge on any atom is -0.493 e. The highest BCUT2D eigenvalue weighted by molar-refractivity contribution is 9.10. The molecule has 0 fully saturated rings. The Bertz CT molecular complexity index is 779. The van der Waals surface area contributed by atoms with E-state index >= 15 is 0 Å². The summed E-state index contributed by atoms with van der Waals surface area (Å²) in [6, 6.07) is 8.40. The number of hydrogen-bond acceptors (Lipinski definition) is 3. The van der Waals surface area contributed by atoms with Crippen LogP contribution < -0.4 is 14.8 Å². The Balaban J connectivity index is 2.13. The Morgan fingerprint density at radius 3 is 2.52 bits per heavy atom. The van der Waals surface area contributed by atoms with Crippen molar-refractivity contribution >= 4 is 27.5 Å². The first kappa shape index (κ1) is 15.8. The molecule has 1 aliphatic rings. The zero-order chi connectivity index (χ0) is 16.6. The molecule has 0 saturated carbocycles. The van der Waals surface area contributed by atoms with Crippen LogP contribution in [-0.4, -0.2) is 20.1 Å². The van der Waals surface area contributed by atoms with Gasteiger partial charge in [0.1, 0.15) is 5.82 Å². The lowest BCUT2D eigenvalue weighted by Crippen LogP contribution is -2.23. The molecule has 0 bridgehead atoms. The van der Waals surface area contributed by atoms with Gasteiger partial charge in [-0.05, 0) is 45.3 Å². The van der Waals surface area contributed by atoms with Gasteiger partial charge in [-0.2, -0.15) is 0 Å². The molecule has 1 heterocycles. The van der Waals surface area contributed by atoms with Crippen LogP contribution in [0.1, 0.15) is 23.5 Å². The van der Waals surface area contributed by atoms with Gasteiger partial charge in [-0.1, -0.05) is 6.07 Å². The van der Waals surface area contributed by atoms with Gasteiger partial charge in [-0.15, -0.1) is 0 Å². The summed E-state index contributed by atoms with van der Waals surface area (Å²) < 4.78 is 24.5. The smallest absolute Gasteiger partial charge is 0.225 e. The van der Waals surface area contributed by atoms with Crippen molar-refractivity contribution in [2.75, 3.05) is 19.5 Å². The fourth-order valence-electron chi connectivity index (χ4n) is 2.81. The van der Waals surface area contributed by atoms with Crippen LogP contribution in [0, 0.1) is 5.82 Å². The number of amides is 1. The summed E-state index contributed by atoms with van der Waals surface area (Å²) in [6.45, 7) is 0. The van der Waals surface area contributed by atoms with Crippen molar-refractivity contribution in [3.05, 3.63) is 51.7 Å². The van der Waals surface area contributed by atoms with E-state index in [9.17, 15) is 9.18 Å². The number of benzene rings is 2. The predicted molar refractivity (Wildman–Crippen MR) is 88.7 cm³/mol. The van der Waals surface area contributed by atoms with Crippen LogP contribution in [0.2, 0.25) is 0 Å². The number of carbonyl (C=O) groups excluding carboxylic acids is 1. The zero-order valence-corrected chi connectivity index (χ0v) is 14.2. The van der Waals surface area contributed by atoms with Crippen molar-refractivity contribution in [3.63, 3.8) is 0 Å². The summed E-state index contributed by atoms with van der Waals surface area (Å²) in [5, 5.41) is 2.85. The van der Waals surface area contributed by atoms with Gasteiger partial charge in [-0.25, -0.2) is 4.39 Å². The summed E-state index contributed by atoms with van der Waals surface area (Å²) in [7, 11) is 3.11. The fourth-order valence-corrected chi connectivity index (χ4v) is 3.21. The molecule has 0 radical (unpaired) electrons. The molecule has 2 aromatic carbocycles. The van der Waals surface area contributed by atoms with E-state index in [1.165, 1.54) is 6.07 Å². The van der Waals surface area contributed by atoms with Crippen LogP contribution in [0.15, 0.2) is 34.8 Å². The lowest BCUT2D eigenvalue weighted by molar-refractivity contribution is -0.116. The highest BCUT2D eigenvalue weighted by Gasteiger charge is 2.28. The molecule has 0 spiro atoms. The second-order valence-corrected chi connectivity index (χ2v) is 6.13. The Kier molecular flexibility index (Phi) is 4.26. The van der Waals surface area contributed by atoms with Gasteiger partial charge in [0, 0.05) is 24.1 Å². The standard InChI is InChI=1S/C17H15BrFNO3/c1-22-15-6-11-10(9-3-4-13(19)12(18)5-9)7-17(21)20-14(11)8-16(15)23-2/h3-6,8,10H,7H2,1-2H3,(H,20,21). The van der Waals surface area contributed by atoms with E-state index in [0.29, 0.717) is 28.1 Å². The number of anilines is 1. The quantitative estimate of drug-likeness (QED) is 0.873. The number of ether oxygens (including phenoxy) is 2. The van der Waals surface area contributed by atoms with Gasteiger partial charge in [0.15, 0.2) is 11.5 Å². The number of carbonyl (C=O) groups is 1. The van der Waals surface area contributed by atoms with Crippen LogP contribution in [-0.2, 0) is 4.79 Å². The summed E-state index contributed by atoms with van der Waals surface area (Å²) >= 11 is 3.20. The summed E-state index contributed by atoms with van der Waals surface area (Å²) in [6.07, 6.45) is 0.292. The Morgan fingerprint density at radius 2 is 1.87 bits per heavy atom. The van der Waals surface area contributed by atoms with Crippen molar-refractivity contribution < 1.29 is 18.7 Å². The zero-order valence-electron chi connectivity index (χ0n) is 12.7. The third-order valence-corrected chi connectivity index (χ3v) is 4.55. The average Bonchev–Trinajstić information content (AvgIpc) is 2.55. The molecule has 6 heteroatoms. The third kappa shape index (κ3) is 2.91. The maximum absolute atomic E-state index is 13.5. The van der Waals surface area contributed by atoms with E-state index in [4.69, 9.17) is 9.47 Å². The molecule has 23 heavy (non-hydrogen) atoms. The first-order valence-electron chi connectivity index (χ1n) is 7.04. The van der Waals surface area contributed by atoms with E-state index in [1.54, 1.807) is 32.4 Å². The SMILES string of the molecule is COc1cc2c(cc1OC)C(c1ccc(F)c(Br)c1)CC(=O)N2. The maximum Gasteiger partial charge on any atom is 0.225 e. The van der Waals surface area contributed by atoms with Gasteiger partial charge in [-0.3, -0.25) is 4.79 Å². The molecular formula is C17H15BrFNO3. The molecule has 3 rings (SSSR count). The first-order valence-corrected chi connectivity index (χ1v) is 7.83. The average molecular weight is 380 g/mol. The first-order chi connectivity index (χ1) is 11.0. The van der Waals surface area contributed by atoms with E-state index in [0.717, 1.165) is 11.1 Å². The molecule has 2 aromatic rings. The number of methoxy groups -OCH3 is 2. The largest absolute Gasteiger partial charge is 0.493 e. The van der Waals surface area contributed by atoms with Crippen molar-refractivity contribution in [3.8, 4) is 11.5 Å². The Hall–Kier alpha value is -2.08. The monoisotopic (exact) mass is 379 g/mol. The molecule has 1 atom stereocenters. The maximum atomic E-state index is 13.5. The summed E-state index contributed by atoms with van der Waals surface area (Å²) in [5.74, 6) is 0.549. The van der Waals surface area contributed by atoms with E-state index in [2.05, 4.69) is 21.2 Å². The van der Waals surface area contributed by atoms with Crippen LogP contribution in [0.5, 0.6) is 11.5 Å². The van der Waals surface area contributed by atoms with Crippen LogP contribution in [0.25, 0.3) is 0 Å². The van der Waals surface area contributed by atoms with E-state index in [1.807, 2.05) is 6.07 Å². The topological polar surface area (TPSA) is 47.6 Å². The normalized spacial score (nSPS) is 16.5. The molecule has 120 valence electrons. The van der Waals surface area contributed by atoms with Crippen LogP contribution in [0.3, 0.4) is 0 Å². The van der Waals surface area contributed by atoms with E-state index < -0.39 is 0 Å². The Labute approximate surface area is 141 Å². The third-order valence-electron chi connectivity index (χ3n) is 3.94. The molecule has 1 unspecified atom stereocenters. The fraction of sp³-hybridized carbons (Fsp3) is 0.235. The lowest BCUT2D eigenvalue weighted by Gasteiger charge is -2.27. The van der Waals surface area contributed by atoms with Crippen molar-refractivity contribution in [2.24, 2.45) is 0 Å². The highest BCUT2D eigenvalue weighted by Crippen LogP contribution is 2.43. The minimum absolute atomic E-state index is 0.0878. The van der Waals surface area contributed by atoms with Crippen molar-refractivity contribution in [1.82, 2.24) is 0 Å². The molecule has 0 saturated heterocycles. The number of hydrogen-bond donors (Lipinski definition) is 1. The summed E-state index contributed by atoms with van der Waals surface area (Å²) in [5.41, 5.74) is 2.46. The highest BCUT2D eigenvalue weighted by atomic mass is 79.9.